The Morgan fingerprint density at radius 2 is 2.21 bits per heavy atom. The van der Waals surface area contributed by atoms with Crippen LogP contribution < -0.4 is 0 Å². The highest BCUT2D eigenvalue weighted by atomic mass is 79.9. The number of likely N-dealkylation sites (tertiary alicyclic amines) is 1. The van der Waals surface area contributed by atoms with E-state index >= 15 is 0 Å². The van der Waals surface area contributed by atoms with Crippen LogP contribution in [0.2, 0.25) is 0 Å². The number of β-amino-alcohol motifs (C(OH)–C–C–N with tert-alkyl or cyclic N) is 1. The molecule has 0 aromatic heterocycles. The third kappa shape index (κ3) is 3.87. The summed E-state index contributed by atoms with van der Waals surface area (Å²) in [7, 11) is 0. The highest BCUT2D eigenvalue weighted by Crippen LogP contribution is 2.19. The second-order valence-electron chi connectivity index (χ2n) is 4.21. The van der Waals surface area contributed by atoms with E-state index in [9.17, 15) is 5.11 Å². The lowest BCUT2D eigenvalue weighted by Crippen LogP contribution is -2.40. The number of nitrogens with zero attached hydrogens (tertiary/aromatic N) is 1. The Balaban J connectivity index is 2.43. The van der Waals surface area contributed by atoms with E-state index in [0.717, 1.165) is 6.54 Å². The average molecular weight is 264 g/mol. The van der Waals surface area contributed by atoms with Crippen LogP contribution in [0.15, 0.2) is 0 Å². The van der Waals surface area contributed by atoms with Gasteiger partial charge < -0.3 is 5.11 Å². The molecular formula is C11H22BrNO. The SMILES string of the molecule is CCC1CCCCCN1CC(O)CBr. The first kappa shape index (κ1) is 12.5. The maximum absolute atomic E-state index is 9.63. The van der Waals surface area contributed by atoms with Crippen molar-refractivity contribution in [3.63, 3.8) is 0 Å². The largest absolute Gasteiger partial charge is 0.391 e. The van der Waals surface area contributed by atoms with Crippen LogP contribution in [0.4, 0.5) is 0 Å². The lowest BCUT2D eigenvalue weighted by molar-refractivity contribution is 0.101. The van der Waals surface area contributed by atoms with Gasteiger partial charge in [0, 0.05) is 17.9 Å². The summed E-state index contributed by atoms with van der Waals surface area (Å²) in [5.74, 6) is 0. The Bertz CT molecular complexity index is 154. The molecule has 1 aliphatic heterocycles. The molecular weight excluding hydrogens is 242 g/mol. The van der Waals surface area contributed by atoms with E-state index in [0.29, 0.717) is 11.4 Å². The van der Waals surface area contributed by atoms with Gasteiger partial charge in [0.25, 0.3) is 0 Å². The van der Waals surface area contributed by atoms with Crippen LogP contribution in [0.3, 0.4) is 0 Å². The molecule has 3 heteroatoms. The number of aliphatic hydroxyl groups excluding tert-OH is 1. The minimum atomic E-state index is -0.206. The van der Waals surface area contributed by atoms with Gasteiger partial charge in [-0.25, -0.2) is 0 Å². The Kier molecular flexibility index (Phi) is 6.06. The molecule has 2 nitrogen and oxygen atoms in total. The molecule has 1 N–H and O–H groups in total. The molecule has 14 heavy (non-hydrogen) atoms. The summed E-state index contributed by atoms with van der Waals surface area (Å²) in [4.78, 5) is 2.47. The van der Waals surface area contributed by atoms with E-state index in [1.807, 2.05) is 0 Å². The molecule has 1 heterocycles. The fourth-order valence-electron chi connectivity index (χ4n) is 2.26. The summed E-state index contributed by atoms with van der Waals surface area (Å²) in [6, 6.07) is 0.700. The van der Waals surface area contributed by atoms with Crippen molar-refractivity contribution in [1.29, 1.82) is 0 Å². The van der Waals surface area contributed by atoms with E-state index in [2.05, 4.69) is 27.8 Å². The van der Waals surface area contributed by atoms with Gasteiger partial charge in [-0.2, -0.15) is 0 Å². The van der Waals surface area contributed by atoms with Gasteiger partial charge >= 0.3 is 0 Å². The van der Waals surface area contributed by atoms with Crippen molar-refractivity contribution in [2.75, 3.05) is 18.4 Å². The molecule has 0 aliphatic carbocycles. The van der Waals surface area contributed by atoms with Crippen molar-refractivity contribution in [3.8, 4) is 0 Å². The van der Waals surface area contributed by atoms with Crippen LogP contribution in [0.5, 0.6) is 0 Å². The highest BCUT2D eigenvalue weighted by molar-refractivity contribution is 9.09. The third-order valence-electron chi connectivity index (χ3n) is 3.09. The number of alkyl halides is 1. The van der Waals surface area contributed by atoms with Gasteiger partial charge in [-0.1, -0.05) is 35.7 Å². The minimum absolute atomic E-state index is 0.206. The zero-order valence-electron chi connectivity index (χ0n) is 9.08. The first-order valence-electron chi connectivity index (χ1n) is 5.76. The van der Waals surface area contributed by atoms with E-state index in [1.54, 1.807) is 0 Å². The first-order valence-corrected chi connectivity index (χ1v) is 6.88. The molecule has 0 saturated carbocycles. The molecule has 0 radical (unpaired) electrons. The molecule has 2 atom stereocenters. The summed E-state index contributed by atoms with van der Waals surface area (Å²) in [6.45, 7) is 4.26. The molecule has 0 bridgehead atoms. The zero-order valence-corrected chi connectivity index (χ0v) is 10.7. The second-order valence-corrected chi connectivity index (χ2v) is 4.86. The maximum atomic E-state index is 9.63. The van der Waals surface area contributed by atoms with Crippen molar-refractivity contribution in [3.05, 3.63) is 0 Å². The topological polar surface area (TPSA) is 23.5 Å². The lowest BCUT2D eigenvalue weighted by atomic mass is 10.1. The number of hydrogen-bond acceptors (Lipinski definition) is 2. The lowest BCUT2D eigenvalue weighted by Gasteiger charge is -2.30. The van der Waals surface area contributed by atoms with Crippen molar-refractivity contribution >= 4 is 15.9 Å². The smallest absolute Gasteiger partial charge is 0.0763 e. The molecule has 1 rings (SSSR count). The molecule has 84 valence electrons. The van der Waals surface area contributed by atoms with Gasteiger partial charge in [0.2, 0.25) is 0 Å². The van der Waals surface area contributed by atoms with Crippen LogP contribution in [0, 0.1) is 0 Å². The normalized spacial score (nSPS) is 27.2. The highest BCUT2D eigenvalue weighted by Gasteiger charge is 2.20. The van der Waals surface area contributed by atoms with Gasteiger partial charge in [-0.05, 0) is 25.8 Å². The van der Waals surface area contributed by atoms with E-state index in [1.165, 1.54) is 38.6 Å². The van der Waals surface area contributed by atoms with E-state index in [4.69, 9.17) is 0 Å². The molecule has 1 saturated heterocycles. The quantitative estimate of drug-likeness (QED) is 0.788. The van der Waals surface area contributed by atoms with Crippen LogP contribution in [-0.2, 0) is 0 Å². The summed E-state index contributed by atoms with van der Waals surface area (Å²) in [5, 5.41) is 10.3. The van der Waals surface area contributed by atoms with Crippen molar-refractivity contribution < 1.29 is 5.11 Å². The van der Waals surface area contributed by atoms with Crippen LogP contribution in [0.25, 0.3) is 0 Å². The first-order chi connectivity index (χ1) is 6.77. The van der Waals surface area contributed by atoms with Crippen molar-refractivity contribution in [2.24, 2.45) is 0 Å². The number of hydrogen-bond donors (Lipinski definition) is 1. The Labute approximate surface area is 95.8 Å². The van der Waals surface area contributed by atoms with E-state index < -0.39 is 0 Å². The van der Waals surface area contributed by atoms with Crippen LogP contribution >= 0.6 is 15.9 Å². The molecule has 2 unspecified atom stereocenters. The number of halogens is 1. The fraction of sp³-hybridized carbons (Fsp3) is 1.00. The molecule has 0 aromatic carbocycles. The zero-order chi connectivity index (χ0) is 10.4. The summed E-state index contributed by atoms with van der Waals surface area (Å²) in [5.41, 5.74) is 0. The Morgan fingerprint density at radius 1 is 1.43 bits per heavy atom. The van der Waals surface area contributed by atoms with Crippen molar-refractivity contribution in [1.82, 2.24) is 4.90 Å². The average Bonchev–Trinajstić information content (AvgIpc) is 2.42. The van der Waals surface area contributed by atoms with Gasteiger partial charge in [0.1, 0.15) is 0 Å². The summed E-state index contributed by atoms with van der Waals surface area (Å²) >= 11 is 3.33. The molecule has 1 fully saturated rings. The fourth-order valence-corrected chi connectivity index (χ4v) is 2.46. The molecule has 1 aliphatic rings. The standard InChI is InChI=1S/C11H22BrNO/c1-2-10-6-4-3-5-7-13(10)9-11(14)8-12/h10-11,14H,2-9H2,1H3. The van der Waals surface area contributed by atoms with Crippen LogP contribution in [0.1, 0.15) is 39.0 Å². The number of rotatable bonds is 4. The van der Waals surface area contributed by atoms with Gasteiger partial charge in [0.15, 0.2) is 0 Å². The summed E-state index contributed by atoms with van der Waals surface area (Å²) < 4.78 is 0. The molecule has 0 spiro atoms. The van der Waals surface area contributed by atoms with Gasteiger partial charge in [-0.15, -0.1) is 0 Å². The molecule has 0 amide bonds. The predicted molar refractivity (Wildman–Crippen MR) is 63.9 cm³/mol. The minimum Gasteiger partial charge on any atom is -0.391 e. The molecule has 0 aromatic rings. The van der Waals surface area contributed by atoms with Crippen molar-refractivity contribution in [2.45, 2.75) is 51.2 Å². The maximum Gasteiger partial charge on any atom is 0.0763 e. The van der Waals surface area contributed by atoms with E-state index in [-0.39, 0.29) is 6.10 Å². The second kappa shape index (κ2) is 6.81. The van der Waals surface area contributed by atoms with Gasteiger partial charge in [-0.3, -0.25) is 4.90 Å². The predicted octanol–water partition coefficient (Wildman–Crippen LogP) is 2.40. The number of aliphatic hydroxyl groups is 1. The third-order valence-corrected chi connectivity index (χ3v) is 3.84. The Hall–Kier alpha value is 0.400. The Morgan fingerprint density at radius 3 is 2.86 bits per heavy atom. The monoisotopic (exact) mass is 263 g/mol. The van der Waals surface area contributed by atoms with Gasteiger partial charge in [0.05, 0.1) is 6.10 Å². The summed E-state index contributed by atoms with van der Waals surface area (Å²) in [6.07, 6.45) is 6.34. The van der Waals surface area contributed by atoms with Crippen LogP contribution in [-0.4, -0.2) is 40.6 Å².